The molecule has 0 bridgehead atoms. The van der Waals surface area contributed by atoms with E-state index in [-0.39, 0.29) is 17.7 Å². The summed E-state index contributed by atoms with van der Waals surface area (Å²) in [6, 6.07) is 4.82. The highest BCUT2D eigenvalue weighted by Gasteiger charge is 2.42. The second-order valence-corrected chi connectivity index (χ2v) is 8.63. The van der Waals surface area contributed by atoms with Crippen LogP contribution >= 0.6 is 22.9 Å². The zero-order valence-corrected chi connectivity index (χ0v) is 17.1. The second kappa shape index (κ2) is 7.56. The van der Waals surface area contributed by atoms with Crippen molar-refractivity contribution >= 4 is 39.9 Å². The van der Waals surface area contributed by atoms with E-state index in [9.17, 15) is 9.59 Å². The van der Waals surface area contributed by atoms with Crippen LogP contribution in [0.3, 0.4) is 0 Å². The number of nitrogens with zero attached hydrogens (tertiary/aromatic N) is 2. The van der Waals surface area contributed by atoms with Crippen LogP contribution in [0.25, 0.3) is 0 Å². The molecule has 2 aliphatic rings. The minimum absolute atomic E-state index is 0.229. The van der Waals surface area contributed by atoms with Gasteiger partial charge in [0.05, 0.1) is 0 Å². The maximum absolute atomic E-state index is 13.1. The van der Waals surface area contributed by atoms with Gasteiger partial charge in [0, 0.05) is 40.7 Å². The van der Waals surface area contributed by atoms with E-state index < -0.39 is 6.04 Å². The molecule has 1 atom stereocenters. The van der Waals surface area contributed by atoms with Crippen LogP contribution in [0.2, 0.25) is 5.02 Å². The van der Waals surface area contributed by atoms with Crippen molar-refractivity contribution in [3.8, 4) is 5.75 Å². The molecule has 1 aromatic carbocycles. The Bertz CT molecular complexity index is 956. The zero-order chi connectivity index (χ0) is 19.8. The first kappa shape index (κ1) is 19.0. The minimum Gasteiger partial charge on any atom is -0.451 e. The second-order valence-electron chi connectivity index (χ2n) is 7.33. The van der Waals surface area contributed by atoms with E-state index >= 15 is 0 Å². The van der Waals surface area contributed by atoms with Gasteiger partial charge in [-0.3, -0.25) is 9.59 Å². The molecule has 4 rings (SSSR count). The number of amides is 2. The predicted octanol–water partition coefficient (Wildman–Crippen LogP) is 3.88. The number of rotatable bonds is 5. The number of ether oxygens (including phenoxy) is 1. The molecule has 0 fully saturated rings. The van der Waals surface area contributed by atoms with Gasteiger partial charge in [0.15, 0.2) is 10.9 Å². The molecule has 1 N–H and O–H groups in total. The Kier molecular flexibility index (Phi) is 5.12. The van der Waals surface area contributed by atoms with Gasteiger partial charge in [0.2, 0.25) is 5.91 Å². The Morgan fingerprint density at radius 2 is 2.25 bits per heavy atom. The van der Waals surface area contributed by atoms with E-state index in [1.54, 1.807) is 22.5 Å². The Balaban J connectivity index is 1.57. The third-order valence-electron chi connectivity index (χ3n) is 4.85. The fourth-order valence-corrected chi connectivity index (χ4v) is 4.32. The van der Waals surface area contributed by atoms with Gasteiger partial charge in [-0.05, 0) is 24.5 Å². The molecule has 0 saturated heterocycles. The van der Waals surface area contributed by atoms with Gasteiger partial charge in [-0.2, -0.15) is 0 Å². The van der Waals surface area contributed by atoms with Crippen LogP contribution in [0.4, 0.5) is 5.13 Å². The maximum Gasteiger partial charge on any atom is 0.290 e. The molecule has 3 heterocycles. The minimum atomic E-state index is -0.593. The van der Waals surface area contributed by atoms with E-state index in [0.29, 0.717) is 41.0 Å². The average Bonchev–Trinajstić information content (AvgIpc) is 3.27. The van der Waals surface area contributed by atoms with Crippen molar-refractivity contribution in [1.82, 2.24) is 9.88 Å². The first-order valence-corrected chi connectivity index (χ1v) is 10.4. The quantitative estimate of drug-likeness (QED) is 0.801. The summed E-state index contributed by atoms with van der Waals surface area (Å²) < 4.78 is 5.88. The summed E-state index contributed by atoms with van der Waals surface area (Å²) in [6.07, 6.45) is 2.74. The summed E-state index contributed by atoms with van der Waals surface area (Å²) in [6.45, 7) is 4.43. The lowest BCUT2D eigenvalue weighted by molar-refractivity contribution is -0.135. The Morgan fingerprint density at radius 3 is 2.96 bits per heavy atom. The molecule has 28 heavy (non-hydrogen) atoms. The van der Waals surface area contributed by atoms with Gasteiger partial charge < -0.3 is 15.0 Å². The molecule has 0 radical (unpaired) electrons. The number of thiazole rings is 1. The highest BCUT2D eigenvalue weighted by atomic mass is 35.5. The molecular weight excluding hydrogens is 398 g/mol. The zero-order valence-electron chi connectivity index (χ0n) is 15.6. The first-order valence-electron chi connectivity index (χ1n) is 9.12. The fraction of sp³-hybridized carbons (Fsp3) is 0.350. The molecular formula is C20H20ClN3O3S. The molecule has 146 valence electrons. The highest BCUT2D eigenvalue weighted by Crippen LogP contribution is 2.39. The molecule has 2 aliphatic heterocycles. The third kappa shape index (κ3) is 3.52. The smallest absolute Gasteiger partial charge is 0.290 e. The summed E-state index contributed by atoms with van der Waals surface area (Å²) in [5.74, 6) is 0.692. The molecule has 6 nitrogen and oxygen atoms in total. The summed E-state index contributed by atoms with van der Waals surface area (Å²) in [7, 11) is 0. The van der Waals surface area contributed by atoms with E-state index in [1.165, 1.54) is 11.3 Å². The Hall–Kier alpha value is -2.38. The van der Waals surface area contributed by atoms with Gasteiger partial charge in [-0.15, -0.1) is 11.3 Å². The number of benzene rings is 1. The van der Waals surface area contributed by atoms with E-state index in [2.05, 4.69) is 10.3 Å². The van der Waals surface area contributed by atoms with Gasteiger partial charge >= 0.3 is 0 Å². The SMILES string of the molecule is CC(C)CC(C(=O)Nc1nccs1)N1CC2=C(Oc3cccc(Cl)c3C2)C1=O. The number of halogens is 1. The Morgan fingerprint density at radius 1 is 1.43 bits per heavy atom. The van der Waals surface area contributed by atoms with Gasteiger partial charge in [0.25, 0.3) is 5.91 Å². The van der Waals surface area contributed by atoms with Crippen LogP contribution < -0.4 is 10.1 Å². The molecule has 2 amide bonds. The number of aromatic nitrogens is 1. The molecule has 0 saturated carbocycles. The molecule has 2 aromatic rings. The standard InChI is InChI=1S/C20H20ClN3O3S/c1-11(2)8-15(18(25)23-20-22-6-7-28-20)24-10-12-9-13-14(21)4-3-5-16(13)27-17(12)19(24)26/h3-7,11,15H,8-10H2,1-2H3,(H,22,23,25). The number of fused-ring (bicyclic) bond motifs is 1. The van der Waals surface area contributed by atoms with Crippen molar-refractivity contribution in [3.63, 3.8) is 0 Å². The maximum atomic E-state index is 13.1. The number of carbonyl (C=O) groups excluding carboxylic acids is 2. The van der Waals surface area contributed by atoms with Gasteiger partial charge in [-0.25, -0.2) is 4.98 Å². The van der Waals surface area contributed by atoms with Crippen molar-refractivity contribution in [3.05, 3.63) is 51.7 Å². The predicted molar refractivity (Wildman–Crippen MR) is 109 cm³/mol. The largest absolute Gasteiger partial charge is 0.451 e. The van der Waals surface area contributed by atoms with Crippen molar-refractivity contribution in [1.29, 1.82) is 0 Å². The fourth-order valence-electron chi connectivity index (χ4n) is 3.56. The number of anilines is 1. The number of hydrogen-bond acceptors (Lipinski definition) is 5. The van der Waals surface area contributed by atoms with Crippen LogP contribution in [0.1, 0.15) is 25.8 Å². The molecule has 0 aliphatic carbocycles. The summed E-state index contributed by atoms with van der Waals surface area (Å²) in [4.78, 5) is 31.7. The molecule has 8 heteroatoms. The first-order chi connectivity index (χ1) is 13.4. The van der Waals surface area contributed by atoms with Crippen molar-refractivity contribution in [2.75, 3.05) is 11.9 Å². The van der Waals surface area contributed by atoms with E-state index in [1.807, 2.05) is 26.0 Å². The molecule has 1 unspecified atom stereocenters. The Labute approximate surface area is 172 Å². The van der Waals surface area contributed by atoms with Gasteiger partial charge in [-0.1, -0.05) is 31.5 Å². The van der Waals surface area contributed by atoms with Crippen LogP contribution in [0, 0.1) is 5.92 Å². The summed E-state index contributed by atoms with van der Waals surface area (Å²) >= 11 is 7.64. The average molecular weight is 418 g/mol. The number of carbonyl (C=O) groups is 2. The highest BCUT2D eigenvalue weighted by molar-refractivity contribution is 7.13. The van der Waals surface area contributed by atoms with Crippen LogP contribution in [-0.4, -0.2) is 34.3 Å². The van der Waals surface area contributed by atoms with Crippen LogP contribution in [0.5, 0.6) is 5.75 Å². The normalized spacial score (nSPS) is 16.7. The van der Waals surface area contributed by atoms with Crippen molar-refractivity contribution in [2.45, 2.75) is 32.7 Å². The van der Waals surface area contributed by atoms with Crippen LogP contribution in [-0.2, 0) is 16.0 Å². The lowest BCUT2D eigenvalue weighted by Gasteiger charge is -2.28. The molecule has 0 spiro atoms. The van der Waals surface area contributed by atoms with E-state index in [4.69, 9.17) is 16.3 Å². The number of hydrogen-bond donors (Lipinski definition) is 1. The molecule has 1 aromatic heterocycles. The topological polar surface area (TPSA) is 71.5 Å². The number of nitrogens with one attached hydrogen (secondary N) is 1. The van der Waals surface area contributed by atoms with Crippen molar-refractivity contribution < 1.29 is 14.3 Å². The summed E-state index contributed by atoms with van der Waals surface area (Å²) in [5, 5.41) is 5.77. The van der Waals surface area contributed by atoms with Gasteiger partial charge in [0.1, 0.15) is 11.8 Å². The van der Waals surface area contributed by atoms with Crippen LogP contribution in [0.15, 0.2) is 41.1 Å². The monoisotopic (exact) mass is 417 g/mol. The summed E-state index contributed by atoms with van der Waals surface area (Å²) in [5.41, 5.74) is 1.74. The lowest BCUT2D eigenvalue weighted by atomic mass is 10.0. The third-order valence-corrected chi connectivity index (χ3v) is 5.89. The van der Waals surface area contributed by atoms with E-state index in [0.717, 1.165) is 11.1 Å². The van der Waals surface area contributed by atoms with Crippen molar-refractivity contribution in [2.24, 2.45) is 5.92 Å². The lowest BCUT2D eigenvalue weighted by Crippen LogP contribution is -2.46.